The normalized spacial score (nSPS) is 13.7. The summed E-state index contributed by atoms with van der Waals surface area (Å²) in [5.74, 6) is 1.84. The molecule has 1 heterocycles. The first-order chi connectivity index (χ1) is 15.9. The Morgan fingerprint density at radius 1 is 1.12 bits per heavy atom. The second-order valence-corrected chi connectivity index (χ2v) is 8.19. The molecule has 1 saturated carbocycles. The van der Waals surface area contributed by atoms with Gasteiger partial charge in [0.05, 0.1) is 19.8 Å². The molecule has 6 nitrogen and oxygen atoms in total. The number of nitrogens with zero attached hydrogens (tertiary/aromatic N) is 2. The molecule has 0 radical (unpaired) electrons. The molecule has 0 amide bonds. The Labute approximate surface area is 192 Å². The zero-order valence-electron chi connectivity index (χ0n) is 18.8. The summed E-state index contributed by atoms with van der Waals surface area (Å²) < 4.78 is 32.2. The number of hydrogen-bond acceptors (Lipinski definition) is 5. The Morgan fingerprint density at radius 2 is 1.88 bits per heavy atom. The predicted octanol–water partition coefficient (Wildman–Crippen LogP) is 5.28. The highest BCUT2D eigenvalue weighted by Crippen LogP contribution is 2.35. The maximum atomic E-state index is 13.3. The summed E-state index contributed by atoms with van der Waals surface area (Å²) in [4.78, 5) is 16.4. The predicted molar refractivity (Wildman–Crippen MR) is 124 cm³/mol. The molecule has 1 aromatic heterocycles. The van der Waals surface area contributed by atoms with E-state index in [4.69, 9.17) is 14.2 Å². The highest BCUT2D eigenvalue weighted by atomic mass is 19.1. The molecule has 4 rings (SSSR count). The van der Waals surface area contributed by atoms with E-state index >= 15 is 0 Å². The van der Waals surface area contributed by atoms with Gasteiger partial charge >= 0.3 is 5.69 Å². The SMILES string of the molecule is C=C(Cn1cc(-c2ccc(OC)c(OC3CCCC3)c2)cnc1=O)Oc1ccc(F)cc1C. The van der Waals surface area contributed by atoms with Gasteiger partial charge in [0.15, 0.2) is 11.5 Å². The molecule has 33 heavy (non-hydrogen) atoms. The number of rotatable bonds is 8. The molecule has 0 atom stereocenters. The first-order valence-corrected chi connectivity index (χ1v) is 11.0. The van der Waals surface area contributed by atoms with E-state index in [-0.39, 0.29) is 18.5 Å². The van der Waals surface area contributed by atoms with Gasteiger partial charge in [-0.2, -0.15) is 0 Å². The molecular formula is C26H27FN2O4. The first-order valence-electron chi connectivity index (χ1n) is 11.0. The molecule has 1 fully saturated rings. The van der Waals surface area contributed by atoms with Gasteiger partial charge in [0.1, 0.15) is 17.3 Å². The molecular weight excluding hydrogens is 423 g/mol. The molecule has 1 aliphatic rings. The van der Waals surface area contributed by atoms with Crippen LogP contribution in [0.25, 0.3) is 11.1 Å². The molecule has 2 aromatic carbocycles. The smallest absolute Gasteiger partial charge is 0.347 e. The Hall–Kier alpha value is -3.61. The van der Waals surface area contributed by atoms with Crippen LogP contribution in [0.15, 0.2) is 65.9 Å². The number of methoxy groups -OCH3 is 1. The second-order valence-electron chi connectivity index (χ2n) is 8.19. The van der Waals surface area contributed by atoms with Gasteiger partial charge in [0.25, 0.3) is 0 Å². The van der Waals surface area contributed by atoms with Gasteiger partial charge in [-0.05, 0) is 74.1 Å². The second kappa shape index (κ2) is 9.90. The molecule has 1 aliphatic carbocycles. The third-order valence-corrected chi connectivity index (χ3v) is 5.69. The summed E-state index contributed by atoms with van der Waals surface area (Å²) in [5.41, 5.74) is 1.82. The monoisotopic (exact) mass is 450 g/mol. The van der Waals surface area contributed by atoms with Gasteiger partial charge in [0.2, 0.25) is 0 Å². The summed E-state index contributed by atoms with van der Waals surface area (Å²) in [6.07, 6.45) is 7.86. The van der Waals surface area contributed by atoms with Crippen molar-refractivity contribution in [1.82, 2.24) is 9.55 Å². The van der Waals surface area contributed by atoms with Crippen molar-refractivity contribution in [2.24, 2.45) is 0 Å². The third-order valence-electron chi connectivity index (χ3n) is 5.69. The van der Waals surface area contributed by atoms with Gasteiger partial charge in [-0.3, -0.25) is 4.57 Å². The van der Waals surface area contributed by atoms with Crippen LogP contribution in [0.4, 0.5) is 4.39 Å². The van der Waals surface area contributed by atoms with Crippen molar-refractivity contribution in [3.63, 3.8) is 0 Å². The lowest BCUT2D eigenvalue weighted by molar-refractivity contribution is 0.201. The minimum absolute atomic E-state index is 0.109. The fraction of sp³-hybridized carbons (Fsp3) is 0.308. The van der Waals surface area contributed by atoms with E-state index in [9.17, 15) is 9.18 Å². The van der Waals surface area contributed by atoms with Crippen molar-refractivity contribution in [2.45, 2.75) is 45.3 Å². The van der Waals surface area contributed by atoms with E-state index in [0.29, 0.717) is 28.6 Å². The number of hydrogen-bond donors (Lipinski definition) is 0. The van der Waals surface area contributed by atoms with Crippen LogP contribution in [-0.2, 0) is 6.54 Å². The van der Waals surface area contributed by atoms with Crippen molar-refractivity contribution in [3.05, 3.63) is 83.0 Å². The van der Waals surface area contributed by atoms with Gasteiger partial charge in [-0.25, -0.2) is 14.2 Å². The average Bonchev–Trinajstić information content (AvgIpc) is 3.30. The summed E-state index contributed by atoms with van der Waals surface area (Å²) in [6, 6.07) is 9.91. The molecule has 0 bridgehead atoms. The third kappa shape index (κ3) is 5.42. The lowest BCUT2D eigenvalue weighted by Crippen LogP contribution is -2.24. The van der Waals surface area contributed by atoms with Crippen LogP contribution in [0.3, 0.4) is 0 Å². The minimum Gasteiger partial charge on any atom is -0.493 e. The Bertz CT molecular complexity index is 1220. The van der Waals surface area contributed by atoms with Crippen molar-refractivity contribution in [1.29, 1.82) is 0 Å². The van der Waals surface area contributed by atoms with E-state index in [0.717, 1.165) is 24.0 Å². The number of benzene rings is 2. The van der Waals surface area contributed by atoms with Crippen molar-refractivity contribution >= 4 is 0 Å². The van der Waals surface area contributed by atoms with Crippen LogP contribution in [-0.4, -0.2) is 22.8 Å². The topological polar surface area (TPSA) is 62.6 Å². The van der Waals surface area contributed by atoms with Gasteiger partial charge in [-0.1, -0.05) is 12.6 Å². The van der Waals surface area contributed by atoms with Crippen LogP contribution in [0, 0.1) is 12.7 Å². The lowest BCUT2D eigenvalue weighted by atomic mass is 10.1. The zero-order chi connectivity index (χ0) is 23.4. The van der Waals surface area contributed by atoms with E-state index in [1.54, 1.807) is 20.2 Å². The molecule has 3 aromatic rings. The maximum absolute atomic E-state index is 13.3. The molecule has 7 heteroatoms. The van der Waals surface area contributed by atoms with E-state index in [1.165, 1.54) is 41.8 Å². The van der Waals surface area contributed by atoms with Crippen molar-refractivity contribution in [2.75, 3.05) is 7.11 Å². The highest BCUT2D eigenvalue weighted by molar-refractivity contribution is 5.65. The number of halogens is 1. The highest BCUT2D eigenvalue weighted by Gasteiger charge is 2.19. The fourth-order valence-corrected chi connectivity index (χ4v) is 3.96. The van der Waals surface area contributed by atoms with Gasteiger partial charge < -0.3 is 14.2 Å². The van der Waals surface area contributed by atoms with Gasteiger partial charge in [0, 0.05) is 18.0 Å². The molecule has 0 saturated heterocycles. The lowest BCUT2D eigenvalue weighted by Gasteiger charge is -2.17. The van der Waals surface area contributed by atoms with Crippen LogP contribution < -0.4 is 19.9 Å². The van der Waals surface area contributed by atoms with E-state index < -0.39 is 5.69 Å². The number of ether oxygens (including phenoxy) is 3. The van der Waals surface area contributed by atoms with E-state index in [2.05, 4.69) is 11.6 Å². The molecule has 0 aliphatic heterocycles. The summed E-state index contributed by atoms with van der Waals surface area (Å²) in [7, 11) is 1.62. The maximum Gasteiger partial charge on any atom is 0.347 e. The fourth-order valence-electron chi connectivity index (χ4n) is 3.96. The number of aromatic nitrogens is 2. The molecule has 0 unspecified atom stereocenters. The van der Waals surface area contributed by atoms with Crippen molar-refractivity contribution < 1.29 is 18.6 Å². The number of allylic oxidation sites excluding steroid dienone is 1. The quantitative estimate of drug-likeness (QED) is 0.437. The average molecular weight is 451 g/mol. The molecule has 0 spiro atoms. The van der Waals surface area contributed by atoms with Crippen LogP contribution in [0.2, 0.25) is 0 Å². The Kier molecular flexibility index (Phi) is 6.77. The summed E-state index contributed by atoms with van der Waals surface area (Å²) in [6.45, 7) is 5.76. The largest absolute Gasteiger partial charge is 0.493 e. The zero-order valence-corrected chi connectivity index (χ0v) is 18.8. The summed E-state index contributed by atoms with van der Waals surface area (Å²) >= 11 is 0. The van der Waals surface area contributed by atoms with E-state index in [1.807, 2.05) is 18.2 Å². The summed E-state index contributed by atoms with van der Waals surface area (Å²) in [5, 5.41) is 0. The van der Waals surface area contributed by atoms with Crippen molar-refractivity contribution in [3.8, 4) is 28.4 Å². The first kappa shape index (κ1) is 22.6. The van der Waals surface area contributed by atoms with Crippen LogP contribution in [0.5, 0.6) is 17.2 Å². The Morgan fingerprint density at radius 3 is 2.61 bits per heavy atom. The van der Waals surface area contributed by atoms with Crippen LogP contribution in [0.1, 0.15) is 31.2 Å². The molecule has 0 N–H and O–H groups in total. The van der Waals surface area contributed by atoms with Gasteiger partial charge in [-0.15, -0.1) is 0 Å². The van der Waals surface area contributed by atoms with Crippen LogP contribution >= 0.6 is 0 Å². The minimum atomic E-state index is -0.421. The number of aryl methyl sites for hydroxylation is 1. The standard InChI is InChI=1S/C26H27FN2O4/c1-17-12-21(27)9-11-23(17)32-18(2)15-29-16-20(14-28-26(29)30)19-8-10-24(31-3)25(13-19)33-22-6-4-5-7-22/h8-14,16,22H,2,4-7,15H2,1,3H3. The Balaban J connectivity index is 1.55. The molecule has 172 valence electrons.